The highest BCUT2D eigenvalue weighted by molar-refractivity contribution is 6.30. The molecule has 1 heterocycles. The highest BCUT2D eigenvalue weighted by Crippen LogP contribution is 2.23. The molecule has 33 heavy (non-hydrogen) atoms. The normalized spacial score (nSPS) is 12.5. The van der Waals surface area contributed by atoms with Gasteiger partial charge in [-0.15, -0.1) is 0 Å². The lowest BCUT2D eigenvalue weighted by molar-refractivity contribution is -0.134. The van der Waals surface area contributed by atoms with E-state index in [0.717, 1.165) is 4.90 Å². The molecule has 0 fully saturated rings. The van der Waals surface area contributed by atoms with Gasteiger partial charge in [0.05, 0.1) is 11.1 Å². The average molecular weight is 463 g/mol. The first-order valence-electron chi connectivity index (χ1n) is 10.3. The van der Waals surface area contributed by atoms with Crippen LogP contribution in [-0.2, 0) is 4.79 Å². The molecule has 4 rings (SSSR count). The number of nitrogens with zero attached hydrogens (tertiary/aromatic N) is 1. The van der Waals surface area contributed by atoms with Crippen molar-refractivity contribution in [3.05, 3.63) is 94.5 Å². The smallest absolute Gasteiger partial charge is 0.311 e. The predicted molar refractivity (Wildman–Crippen MR) is 123 cm³/mol. The van der Waals surface area contributed by atoms with Crippen LogP contribution in [0.4, 0.5) is 5.69 Å². The van der Waals surface area contributed by atoms with Gasteiger partial charge in [0, 0.05) is 29.2 Å². The number of ether oxygens (including phenoxy) is 1. The number of halogens is 1. The third-order valence-electron chi connectivity index (χ3n) is 5.09. The zero-order valence-corrected chi connectivity index (χ0v) is 18.2. The second-order valence-electron chi connectivity index (χ2n) is 7.37. The van der Waals surface area contributed by atoms with Crippen molar-refractivity contribution in [3.8, 4) is 5.75 Å². The molecule has 3 amide bonds. The van der Waals surface area contributed by atoms with Crippen LogP contribution in [-0.4, -0.2) is 35.1 Å². The number of carbonyl (C=O) groups is 4. The van der Waals surface area contributed by atoms with Crippen molar-refractivity contribution in [2.45, 2.75) is 12.8 Å². The molecule has 0 saturated carbocycles. The Kier molecular flexibility index (Phi) is 6.51. The monoisotopic (exact) mass is 462 g/mol. The van der Waals surface area contributed by atoms with Crippen LogP contribution in [0.25, 0.3) is 0 Å². The van der Waals surface area contributed by atoms with Crippen LogP contribution in [0.5, 0.6) is 5.75 Å². The molecular formula is C25H19ClN2O5. The van der Waals surface area contributed by atoms with Crippen LogP contribution in [0, 0.1) is 0 Å². The van der Waals surface area contributed by atoms with E-state index in [0.29, 0.717) is 33.1 Å². The number of rotatable bonds is 7. The maximum absolute atomic E-state index is 12.3. The van der Waals surface area contributed by atoms with Gasteiger partial charge in [0.15, 0.2) is 0 Å². The molecule has 1 N–H and O–H groups in total. The fraction of sp³-hybridized carbons (Fsp3) is 0.120. The Bertz CT molecular complexity index is 1190. The molecule has 0 radical (unpaired) electrons. The van der Waals surface area contributed by atoms with Gasteiger partial charge in [-0.3, -0.25) is 24.1 Å². The lowest BCUT2D eigenvalue weighted by Gasteiger charge is -2.13. The highest BCUT2D eigenvalue weighted by Gasteiger charge is 2.34. The van der Waals surface area contributed by atoms with Gasteiger partial charge in [-0.2, -0.15) is 0 Å². The number of hydrogen-bond donors (Lipinski definition) is 1. The van der Waals surface area contributed by atoms with Gasteiger partial charge in [-0.25, -0.2) is 0 Å². The summed E-state index contributed by atoms with van der Waals surface area (Å²) >= 11 is 5.83. The van der Waals surface area contributed by atoms with Crippen LogP contribution in [0.2, 0.25) is 5.02 Å². The van der Waals surface area contributed by atoms with Crippen molar-refractivity contribution in [2.24, 2.45) is 0 Å². The summed E-state index contributed by atoms with van der Waals surface area (Å²) in [7, 11) is 0. The molecule has 0 saturated heterocycles. The Balaban J connectivity index is 1.25. The summed E-state index contributed by atoms with van der Waals surface area (Å²) in [6.45, 7) is 0.130. The minimum atomic E-state index is -0.495. The first-order chi connectivity index (χ1) is 15.9. The molecule has 0 spiro atoms. The molecule has 1 aliphatic heterocycles. The number of nitrogens with one attached hydrogen (secondary N) is 1. The van der Waals surface area contributed by atoms with E-state index in [-0.39, 0.29) is 37.1 Å². The van der Waals surface area contributed by atoms with Crippen LogP contribution >= 0.6 is 11.6 Å². The van der Waals surface area contributed by atoms with E-state index in [1.807, 2.05) is 0 Å². The van der Waals surface area contributed by atoms with Gasteiger partial charge in [-0.05, 0) is 67.1 Å². The van der Waals surface area contributed by atoms with Crippen molar-refractivity contribution in [1.82, 2.24) is 4.90 Å². The molecule has 1 aliphatic rings. The van der Waals surface area contributed by atoms with E-state index in [2.05, 4.69) is 5.32 Å². The molecule has 0 aliphatic carbocycles. The summed E-state index contributed by atoms with van der Waals surface area (Å²) in [5.41, 5.74) is 1.77. The SMILES string of the molecule is O=C(CCCN1C(=O)c2ccccc2C1=O)Oc1ccc(C(=O)Nc2ccc(Cl)cc2)cc1. The number of benzene rings is 3. The Hall–Kier alpha value is -3.97. The van der Waals surface area contributed by atoms with Crippen LogP contribution < -0.4 is 10.1 Å². The van der Waals surface area contributed by atoms with Crippen LogP contribution in [0.3, 0.4) is 0 Å². The molecular weight excluding hydrogens is 444 g/mol. The summed E-state index contributed by atoms with van der Waals surface area (Å²) in [6.07, 6.45) is 0.318. The molecule has 0 aromatic heterocycles. The number of anilines is 1. The van der Waals surface area contributed by atoms with Gasteiger partial charge in [0.25, 0.3) is 17.7 Å². The molecule has 3 aromatic rings. The summed E-state index contributed by atoms with van der Waals surface area (Å²) in [5.74, 6) is -1.21. The number of hydrogen-bond acceptors (Lipinski definition) is 5. The van der Waals surface area contributed by atoms with Gasteiger partial charge < -0.3 is 10.1 Å². The summed E-state index contributed by atoms with van der Waals surface area (Å²) < 4.78 is 5.29. The maximum Gasteiger partial charge on any atom is 0.311 e. The van der Waals surface area contributed by atoms with Crippen molar-refractivity contribution in [1.29, 1.82) is 0 Å². The minimum absolute atomic E-state index is 0.0339. The lowest BCUT2D eigenvalue weighted by Crippen LogP contribution is -2.31. The number of amides is 3. The largest absolute Gasteiger partial charge is 0.427 e. The highest BCUT2D eigenvalue weighted by atomic mass is 35.5. The van der Waals surface area contributed by atoms with E-state index in [1.165, 1.54) is 12.1 Å². The minimum Gasteiger partial charge on any atom is -0.427 e. The van der Waals surface area contributed by atoms with Gasteiger partial charge >= 0.3 is 5.97 Å². The summed E-state index contributed by atoms with van der Waals surface area (Å²) in [4.78, 5) is 50.3. The topological polar surface area (TPSA) is 92.8 Å². The van der Waals surface area contributed by atoms with E-state index in [1.54, 1.807) is 60.7 Å². The zero-order valence-electron chi connectivity index (χ0n) is 17.4. The Morgan fingerprint density at radius 2 is 1.45 bits per heavy atom. The molecule has 0 atom stereocenters. The van der Waals surface area contributed by atoms with Gasteiger partial charge in [0.2, 0.25) is 0 Å². The quantitative estimate of drug-likeness (QED) is 0.315. The zero-order chi connectivity index (χ0) is 23.4. The second-order valence-corrected chi connectivity index (χ2v) is 7.81. The molecule has 0 unspecified atom stereocenters. The Morgan fingerprint density at radius 3 is 2.06 bits per heavy atom. The molecule has 8 heteroatoms. The van der Waals surface area contributed by atoms with E-state index < -0.39 is 5.97 Å². The fourth-order valence-corrected chi connectivity index (χ4v) is 3.54. The van der Waals surface area contributed by atoms with Crippen molar-refractivity contribution in [2.75, 3.05) is 11.9 Å². The number of fused-ring (bicyclic) bond motifs is 1. The Labute approximate surface area is 194 Å². The molecule has 0 bridgehead atoms. The first-order valence-corrected chi connectivity index (χ1v) is 10.6. The summed E-state index contributed by atoms with van der Waals surface area (Å²) in [5, 5.41) is 3.32. The maximum atomic E-state index is 12.3. The third kappa shape index (κ3) is 5.10. The molecule has 3 aromatic carbocycles. The van der Waals surface area contributed by atoms with Crippen molar-refractivity contribution >= 4 is 41.0 Å². The number of esters is 1. The number of imide groups is 1. The van der Waals surface area contributed by atoms with E-state index in [4.69, 9.17) is 16.3 Å². The Morgan fingerprint density at radius 1 is 0.848 bits per heavy atom. The summed E-state index contributed by atoms with van der Waals surface area (Å²) in [6, 6.07) is 19.5. The van der Waals surface area contributed by atoms with Crippen molar-refractivity contribution in [3.63, 3.8) is 0 Å². The van der Waals surface area contributed by atoms with E-state index in [9.17, 15) is 19.2 Å². The van der Waals surface area contributed by atoms with Gasteiger partial charge in [0.1, 0.15) is 5.75 Å². The number of carbonyl (C=O) groups excluding carboxylic acids is 4. The second kappa shape index (κ2) is 9.67. The third-order valence-corrected chi connectivity index (χ3v) is 5.34. The predicted octanol–water partition coefficient (Wildman–Crippen LogP) is 4.57. The van der Waals surface area contributed by atoms with Gasteiger partial charge in [-0.1, -0.05) is 23.7 Å². The van der Waals surface area contributed by atoms with Crippen molar-refractivity contribution < 1.29 is 23.9 Å². The van der Waals surface area contributed by atoms with Crippen LogP contribution in [0.1, 0.15) is 43.9 Å². The van der Waals surface area contributed by atoms with E-state index >= 15 is 0 Å². The molecule has 7 nitrogen and oxygen atoms in total. The standard InChI is InChI=1S/C25H19ClN2O5/c26-17-9-11-18(12-10-17)27-23(30)16-7-13-19(14-8-16)33-22(29)6-3-15-28-24(31)20-4-1-2-5-21(20)25(28)32/h1-2,4-5,7-14H,3,6,15H2,(H,27,30). The molecule has 166 valence electrons. The first kappa shape index (κ1) is 22.2. The lowest BCUT2D eigenvalue weighted by atomic mass is 10.1. The average Bonchev–Trinajstić information content (AvgIpc) is 3.06. The fourth-order valence-electron chi connectivity index (χ4n) is 3.42. The van der Waals surface area contributed by atoms with Crippen LogP contribution in [0.15, 0.2) is 72.8 Å².